The Morgan fingerprint density at radius 3 is 1.24 bits per heavy atom. The number of phosphoric ester groups is 1. The SMILES string of the molecule is CC/C=C\C/C=C\C/C=C\C/C=C\C/C=C\C/C=C\C/C=C\C/C=C\C/C=C\CCCC(=O)OC(COC(=O)CCCCCCCCCCC/C=C\CCCCCCCC)COP(=O)([O-])OCC[N+](C)(C)C. The van der Waals surface area contributed by atoms with Crippen LogP contribution < -0.4 is 4.89 Å². The molecule has 0 aromatic rings. The Labute approximate surface area is 441 Å². The van der Waals surface area contributed by atoms with Crippen LogP contribution in [-0.2, 0) is 32.7 Å². The van der Waals surface area contributed by atoms with E-state index in [0.717, 1.165) is 77.0 Å². The second kappa shape index (κ2) is 52.3. The summed E-state index contributed by atoms with van der Waals surface area (Å²) in [5.41, 5.74) is 0. The number of likely N-dealkylation sites (N-methyl/N-ethyl adjacent to an activating group) is 1. The van der Waals surface area contributed by atoms with Crippen LogP contribution in [0.1, 0.15) is 206 Å². The molecule has 72 heavy (non-hydrogen) atoms. The van der Waals surface area contributed by atoms with Gasteiger partial charge in [0.2, 0.25) is 0 Å². The molecule has 410 valence electrons. The van der Waals surface area contributed by atoms with E-state index < -0.39 is 32.5 Å². The minimum Gasteiger partial charge on any atom is -0.756 e. The number of nitrogens with zero attached hydrogens (tertiary/aromatic N) is 1. The third kappa shape index (κ3) is 55.7. The fourth-order valence-electron chi connectivity index (χ4n) is 7.12. The quantitative estimate of drug-likeness (QED) is 0.0195. The van der Waals surface area contributed by atoms with E-state index in [-0.39, 0.29) is 26.1 Å². The van der Waals surface area contributed by atoms with Crippen molar-refractivity contribution in [2.45, 2.75) is 213 Å². The van der Waals surface area contributed by atoms with E-state index in [4.69, 9.17) is 18.5 Å². The number of hydrogen-bond donors (Lipinski definition) is 0. The van der Waals surface area contributed by atoms with Gasteiger partial charge in [-0.25, -0.2) is 0 Å². The second-order valence-corrected chi connectivity index (χ2v) is 21.0. The van der Waals surface area contributed by atoms with Gasteiger partial charge in [-0.3, -0.25) is 14.2 Å². The maximum atomic E-state index is 12.8. The number of unbranched alkanes of at least 4 members (excludes halogenated alkanes) is 16. The highest BCUT2D eigenvalue weighted by Gasteiger charge is 2.21. The Bertz CT molecular complexity index is 1630. The standard InChI is InChI=1S/C62H104NO8P/c1-6-8-10-12-14-16-18-20-22-24-26-27-28-29-30-31-32-33-34-35-37-39-41-43-45-47-49-51-53-55-62(65)71-60(59-70-72(66,67)69-57-56-63(3,4)5)58-68-61(64)54-52-50-48-46-44-42-40-38-36-25-23-21-19-17-15-13-11-9-7-2/h8,10,14,16,20-23,26-27,29-30,32-33,35,37,41,43,47,49,60H,6-7,9,11-13,15,17-19,24-25,28,31,34,36,38-40,42,44-46,48,50-59H2,1-5H3/b10-8-,16-14-,22-20-,23-21-,27-26-,30-29-,33-32-,37-35-,43-41-,49-47-. The van der Waals surface area contributed by atoms with Gasteiger partial charge in [-0.05, 0) is 103 Å². The van der Waals surface area contributed by atoms with Crippen LogP contribution in [0.2, 0.25) is 0 Å². The summed E-state index contributed by atoms with van der Waals surface area (Å²) in [4.78, 5) is 37.8. The summed E-state index contributed by atoms with van der Waals surface area (Å²) >= 11 is 0. The molecule has 2 atom stereocenters. The fourth-order valence-corrected chi connectivity index (χ4v) is 7.85. The molecule has 0 radical (unpaired) electrons. The van der Waals surface area contributed by atoms with Gasteiger partial charge in [-0.15, -0.1) is 0 Å². The highest BCUT2D eigenvalue weighted by atomic mass is 31.2. The number of carbonyl (C=O) groups is 2. The van der Waals surface area contributed by atoms with E-state index in [1.54, 1.807) is 0 Å². The molecule has 0 rings (SSSR count). The predicted octanol–water partition coefficient (Wildman–Crippen LogP) is 17.0. The van der Waals surface area contributed by atoms with Crippen molar-refractivity contribution in [3.63, 3.8) is 0 Å². The fraction of sp³-hybridized carbons (Fsp3) is 0.645. The van der Waals surface area contributed by atoms with Gasteiger partial charge < -0.3 is 27.9 Å². The van der Waals surface area contributed by atoms with Gasteiger partial charge >= 0.3 is 11.9 Å². The number of allylic oxidation sites excluding steroid dienone is 20. The number of hydrogen-bond acceptors (Lipinski definition) is 8. The van der Waals surface area contributed by atoms with Gasteiger partial charge in [0.25, 0.3) is 7.82 Å². The summed E-state index contributed by atoms with van der Waals surface area (Å²) in [6.45, 7) is 4.04. The minimum atomic E-state index is -4.66. The zero-order chi connectivity index (χ0) is 52.7. The first kappa shape index (κ1) is 68.4. The maximum absolute atomic E-state index is 12.8. The van der Waals surface area contributed by atoms with Crippen molar-refractivity contribution in [1.29, 1.82) is 0 Å². The molecular formula is C62H104NO8P. The summed E-state index contributed by atoms with van der Waals surface area (Å²) in [6, 6.07) is 0. The van der Waals surface area contributed by atoms with E-state index in [1.165, 1.54) is 83.5 Å². The van der Waals surface area contributed by atoms with Crippen molar-refractivity contribution in [1.82, 2.24) is 0 Å². The largest absolute Gasteiger partial charge is 0.756 e. The second-order valence-electron chi connectivity index (χ2n) is 19.6. The van der Waals surface area contributed by atoms with Gasteiger partial charge in [0, 0.05) is 12.8 Å². The number of carbonyl (C=O) groups excluding carboxylic acids is 2. The minimum absolute atomic E-state index is 0.0486. The Morgan fingerprint density at radius 2 is 0.806 bits per heavy atom. The Morgan fingerprint density at radius 1 is 0.444 bits per heavy atom. The summed E-state index contributed by atoms with van der Waals surface area (Å²) in [5, 5.41) is 0. The monoisotopic (exact) mass is 1020 g/mol. The van der Waals surface area contributed by atoms with Gasteiger partial charge in [0.15, 0.2) is 6.10 Å². The Hall–Kier alpha value is -3.59. The molecule has 9 nitrogen and oxygen atoms in total. The van der Waals surface area contributed by atoms with E-state index >= 15 is 0 Å². The van der Waals surface area contributed by atoms with Crippen molar-refractivity contribution in [3.05, 3.63) is 122 Å². The average Bonchev–Trinajstić information content (AvgIpc) is 3.34. The van der Waals surface area contributed by atoms with E-state index in [1.807, 2.05) is 27.2 Å². The molecule has 0 amide bonds. The lowest BCUT2D eigenvalue weighted by atomic mass is 10.1. The molecule has 0 aromatic heterocycles. The van der Waals surface area contributed by atoms with Crippen LogP contribution in [0.3, 0.4) is 0 Å². The third-order valence-corrected chi connectivity index (χ3v) is 12.4. The van der Waals surface area contributed by atoms with Gasteiger partial charge in [0.1, 0.15) is 19.8 Å². The summed E-state index contributed by atoms with van der Waals surface area (Å²) < 4.78 is 34.0. The third-order valence-electron chi connectivity index (χ3n) is 11.5. The molecule has 0 saturated carbocycles. The molecule has 10 heteroatoms. The molecule has 0 aliphatic carbocycles. The predicted molar refractivity (Wildman–Crippen MR) is 305 cm³/mol. The molecule has 0 heterocycles. The van der Waals surface area contributed by atoms with Gasteiger partial charge in [-0.2, -0.15) is 0 Å². The number of ether oxygens (including phenoxy) is 2. The van der Waals surface area contributed by atoms with Crippen LogP contribution in [0.15, 0.2) is 122 Å². The topological polar surface area (TPSA) is 111 Å². The van der Waals surface area contributed by atoms with Crippen molar-refractivity contribution in [2.24, 2.45) is 0 Å². The lowest BCUT2D eigenvalue weighted by Crippen LogP contribution is -2.37. The number of quaternary nitrogens is 1. The summed E-state index contributed by atoms with van der Waals surface area (Å²) in [7, 11) is 1.11. The maximum Gasteiger partial charge on any atom is 0.306 e. The lowest BCUT2D eigenvalue weighted by Gasteiger charge is -2.28. The van der Waals surface area contributed by atoms with Crippen LogP contribution >= 0.6 is 7.82 Å². The van der Waals surface area contributed by atoms with E-state index in [9.17, 15) is 19.0 Å². The van der Waals surface area contributed by atoms with Crippen LogP contribution in [0.5, 0.6) is 0 Å². The molecule has 0 fully saturated rings. The normalized spacial score (nSPS) is 14.2. The van der Waals surface area contributed by atoms with Crippen molar-refractivity contribution < 1.29 is 42.1 Å². The van der Waals surface area contributed by atoms with Gasteiger partial charge in [-0.1, -0.05) is 212 Å². The molecule has 0 saturated heterocycles. The average molecular weight is 1020 g/mol. The molecule has 0 aromatic carbocycles. The molecule has 0 aliphatic rings. The molecule has 2 unspecified atom stereocenters. The summed E-state index contributed by atoms with van der Waals surface area (Å²) in [5.74, 6) is -0.913. The van der Waals surface area contributed by atoms with Crippen molar-refractivity contribution in [3.8, 4) is 0 Å². The first-order valence-corrected chi connectivity index (χ1v) is 29.7. The van der Waals surface area contributed by atoms with E-state index in [0.29, 0.717) is 30.3 Å². The first-order valence-electron chi connectivity index (χ1n) is 28.2. The molecular weight excluding hydrogens is 918 g/mol. The number of phosphoric acid groups is 1. The van der Waals surface area contributed by atoms with Crippen molar-refractivity contribution >= 4 is 19.8 Å². The molecule has 0 bridgehead atoms. The zero-order valence-corrected chi connectivity index (χ0v) is 47.2. The van der Waals surface area contributed by atoms with Crippen LogP contribution in [-0.4, -0.2) is 70.0 Å². The molecule has 0 spiro atoms. The Balaban J connectivity index is 4.35. The first-order chi connectivity index (χ1) is 35.0. The van der Waals surface area contributed by atoms with Crippen LogP contribution in [0.25, 0.3) is 0 Å². The Kier molecular flexibility index (Phi) is 49.7. The van der Waals surface area contributed by atoms with Gasteiger partial charge in [0.05, 0.1) is 27.7 Å². The van der Waals surface area contributed by atoms with Crippen LogP contribution in [0, 0.1) is 0 Å². The van der Waals surface area contributed by atoms with E-state index in [2.05, 4.69) is 129 Å². The molecule has 0 N–H and O–H groups in total. The zero-order valence-electron chi connectivity index (χ0n) is 46.3. The van der Waals surface area contributed by atoms with Crippen LogP contribution in [0.4, 0.5) is 0 Å². The van der Waals surface area contributed by atoms with Crippen molar-refractivity contribution in [2.75, 3.05) is 47.5 Å². The smallest absolute Gasteiger partial charge is 0.306 e. The number of rotatable bonds is 50. The highest BCUT2D eigenvalue weighted by molar-refractivity contribution is 7.45. The molecule has 0 aliphatic heterocycles. The highest BCUT2D eigenvalue weighted by Crippen LogP contribution is 2.38. The number of esters is 2. The summed E-state index contributed by atoms with van der Waals surface area (Å²) in [6.07, 6.45) is 73.9. The lowest BCUT2D eigenvalue weighted by molar-refractivity contribution is -0.870.